The molecule has 2 aliphatic rings. The molecule has 24 heavy (non-hydrogen) atoms. The van der Waals surface area contributed by atoms with E-state index in [1.54, 1.807) is 12.1 Å². The van der Waals surface area contributed by atoms with E-state index < -0.39 is 4.92 Å². The van der Waals surface area contributed by atoms with Crippen LogP contribution in [0.5, 0.6) is 0 Å². The minimum Gasteiger partial charge on any atom is -0.371 e. The fourth-order valence-electron chi connectivity index (χ4n) is 3.47. The Morgan fingerprint density at radius 3 is 2.42 bits per heavy atom. The molecule has 0 spiro atoms. The van der Waals surface area contributed by atoms with E-state index in [-0.39, 0.29) is 17.3 Å². The molecule has 7 heteroatoms. The predicted molar refractivity (Wildman–Crippen MR) is 93.4 cm³/mol. The highest BCUT2D eigenvalue weighted by molar-refractivity contribution is 5.91. The van der Waals surface area contributed by atoms with Gasteiger partial charge in [0.05, 0.1) is 4.92 Å². The van der Waals surface area contributed by atoms with Gasteiger partial charge in [-0.2, -0.15) is 0 Å². The van der Waals surface area contributed by atoms with Crippen molar-refractivity contribution in [1.82, 2.24) is 4.90 Å². The average Bonchev–Trinajstić information content (AvgIpc) is 3.39. The summed E-state index contributed by atoms with van der Waals surface area (Å²) >= 11 is 0. The first-order valence-electron chi connectivity index (χ1n) is 8.48. The molecule has 1 aliphatic carbocycles. The van der Waals surface area contributed by atoms with Crippen molar-refractivity contribution >= 4 is 23.0 Å². The second kappa shape index (κ2) is 6.76. The Morgan fingerprint density at radius 1 is 1.25 bits per heavy atom. The number of amides is 1. The van der Waals surface area contributed by atoms with E-state index >= 15 is 0 Å². The molecular weight excluding hydrogens is 308 g/mol. The number of piperidine rings is 1. The number of benzene rings is 1. The van der Waals surface area contributed by atoms with Crippen LogP contribution in [-0.2, 0) is 4.79 Å². The summed E-state index contributed by atoms with van der Waals surface area (Å²) < 4.78 is 0. The summed E-state index contributed by atoms with van der Waals surface area (Å²) in [5, 5.41) is 13.8. The van der Waals surface area contributed by atoms with Crippen LogP contribution in [0.15, 0.2) is 18.2 Å². The van der Waals surface area contributed by atoms with Crippen molar-refractivity contribution in [1.29, 1.82) is 0 Å². The summed E-state index contributed by atoms with van der Waals surface area (Å²) in [6.07, 6.45) is 4.78. The first-order chi connectivity index (χ1) is 11.5. The number of nitro benzene ring substituents is 1. The van der Waals surface area contributed by atoms with Crippen LogP contribution in [-0.4, -0.2) is 48.0 Å². The first-order valence-corrected chi connectivity index (χ1v) is 8.48. The van der Waals surface area contributed by atoms with Crippen LogP contribution in [0.2, 0.25) is 0 Å². The van der Waals surface area contributed by atoms with Crippen LogP contribution >= 0.6 is 0 Å². The minimum absolute atomic E-state index is 0.0556. The molecule has 7 nitrogen and oxygen atoms in total. The van der Waals surface area contributed by atoms with Gasteiger partial charge in [-0.05, 0) is 44.9 Å². The summed E-state index contributed by atoms with van der Waals surface area (Å²) in [5.41, 5.74) is 1.04. The molecule has 130 valence electrons. The summed E-state index contributed by atoms with van der Waals surface area (Å²) in [5.74, 6) is -0.310. The Bertz CT molecular complexity index is 637. The van der Waals surface area contributed by atoms with E-state index in [4.69, 9.17) is 0 Å². The summed E-state index contributed by atoms with van der Waals surface area (Å²) in [7, 11) is 2.21. The third-order valence-corrected chi connectivity index (χ3v) is 5.02. The van der Waals surface area contributed by atoms with Crippen molar-refractivity contribution in [2.45, 2.75) is 44.7 Å². The van der Waals surface area contributed by atoms with E-state index in [9.17, 15) is 14.9 Å². The lowest BCUT2D eigenvalue weighted by Crippen LogP contribution is -2.44. The largest absolute Gasteiger partial charge is 0.371 e. The van der Waals surface area contributed by atoms with Crippen LogP contribution in [0.25, 0.3) is 0 Å². The lowest BCUT2D eigenvalue weighted by atomic mass is 10.0. The minimum atomic E-state index is -0.442. The summed E-state index contributed by atoms with van der Waals surface area (Å²) in [6.45, 7) is 3.15. The SMILES string of the molecule is CC(=O)Nc1ccc(N2CCC(N(C)C3CC3)CC2)cc1[N+](=O)[O-]. The monoisotopic (exact) mass is 332 g/mol. The molecule has 0 unspecified atom stereocenters. The number of hydrogen-bond acceptors (Lipinski definition) is 5. The molecule has 1 N–H and O–H groups in total. The molecule has 1 heterocycles. The van der Waals surface area contributed by atoms with E-state index in [2.05, 4.69) is 22.2 Å². The van der Waals surface area contributed by atoms with Gasteiger partial charge in [0.25, 0.3) is 5.69 Å². The maximum absolute atomic E-state index is 11.3. The Labute approximate surface area is 141 Å². The van der Waals surface area contributed by atoms with Gasteiger partial charge in [-0.3, -0.25) is 14.9 Å². The van der Waals surface area contributed by atoms with Gasteiger partial charge in [0, 0.05) is 43.9 Å². The van der Waals surface area contributed by atoms with Crippen LogP contribution in [0, 0.1) is 10.1 Å². The third-order valence-electron chi connectivity index (χ3n) is 5.02. The molecule has 1 saturated heterocycles. The second-order valence-electron chi connectivity index (χ2n) is 6.75. The maximum Gasteiger partial charge on any atom is 0.294 e. The molecule has 1 aromatic rings. The Morgan fingerprint density at radius 2 is 1.88 bits per heavy atom. The molecular formula is C17H24N4O3. The zero-order valence-corrected chi connectivity index (χ0v) is 14.2. The Balaban J connectivity index is 1.69. The van der Waals surface area contributed by atoms with Crippen molar-refractivity contribution in [3.05, 3.63) is 28.3 Å². The van der Waals surface area contributed by atoms with Crippen LogP contribution < -0.4 is 10.2 Å². The zero-order valence-electron chi connectivity index (χ0n) is 14.2. The number of carbonyl (C=O) groups is 1. The van der Waals surface area contributed by atoms with Crippen molar-refractivity contribution in [3.63, 3.8) is 0 Å². The standard InChI is InChI=1S/C17H24N4O3/c1-12(22)18-16-6-5-15(11-17(16)21(23)24)20-9-7-14(8-10-20)19(2)13-3-4-13/h5-6,11,13-14H,3-4,7-10H2,1-2H3,(H,18,22). The Kier molecular flexibility index (Phi) is 4.71. The van der Waals surface area contributed by atoms with Crippen LogP contribution in [0.1, 0.15) is 32.6 Å². The van der Waals surface area contributed by atoms with Crippen molar-refractivity contribution in [2.24, 2.45) is 0 Å². The number of nitrogens with one attached hydrogen (secondary N) is 1. The second-order valence-corrected chi connectivity index (χ2v) is 6.75. The molecule has 2 fully saturated rings. The van der Waals surface area contributed by atoms with E-state index in [1.165, 1.54) is 19.8 Å². The average molecular weight is 332 g/mol. The smallest absolute Gasteiger partial charge is 0.294 e. The number of nitrogens with zero attached hydrogens (tertiary/aromatic N) is 3. The quantitative estimate of drug-likeness (QED) is 0.662. The lowest BCUT2D eigenvalue weighted by molar-refractivity contribution is -0.383. The summed E-state index contributed by atoms with van der Waals surface area (Å²) in [4.78, 5) is 26.7. The molecule has 1 aliphatic heterocycles. The van der Waals surface area contributed by atoms with Gasteiger partial charge in [-0.25, -0.2) is 0 Å². The third kappa shape index (κ3) is 3.67. The highest BCUT2D eigenvalue weighted by Crippen LogP contribution is 2.33. The number of carbonyl (C=O) groups excluding carboxylic acids is 1. The fraction of sp³-hybridized carbons (Fsp3) is 0.588. The summed E-state index contributed by atoms with van der Waals surface area (Å²) in [6, 6.07) is 6.42. The molecule has 0 radical (unpaired) electrons. The van der Waals surface area contributed by atoms with Gasteiger partial charge < -0.3 is 15.1 Å². The van der Waals surface area contributed by atoms with Crippen molar-refractivity contribution < 1.29 is 9.72 Å². The topological polar surface area (TPSA) is 78.7 Å². The number of rotatable bonds is 5. The number of hydrogen-bond donors (Lipinski definition) is 1. The maximum atomic E-state index is 11.3. The molecule has 0 aromatic heterocycles. The Hall–Kier alpha value is -2.15. The van der Waals surface area contributed by atoms with Crippen LogP contribution in [0.4, 0.5) is 17.1 Å². The fourth-order valence-corrected chi connectivity index (χ4v) is 3.47. The zero-order chi connectivity index (χ0) is 17.3. The molecule has 0 atom stereocenters. The van der Waals surface area contributed by atoms with Crippen molar-refractivity contribution in [3.8, 4) is 0 Å². The van der Waals surface area contributed by atoms with Gasteiger partial charge in [0.2, 0.25) is 5.91 Å². The number of anilines is 2. The van der Waals surface area contributed by atoms with E-state index in [1.807, 2.05) is 6.07 Å². The highest BCUT2D eigenvalue weighted by Gasteiger charge is 2.33. The molecule has 1 aromatic carbocycles. The highest BCUT2D eigenvalue weighted by atomic mass is 16.6. The van der Waals surface area contributed by atoms with Gasteiger partial charge in [-0.1, -0.05) is 0 Å². The van der Waals surface area contributed by atoms with Crippen LogP contribution in [0.3, 0.4) is 0 Å². The molecule has 1 saturated carbocycles. The lowest BCUT2D eigenvalue weighted by Gasteiger charge is -2.38. The van der Waals surface area contributed by atoms with Crippen molar-refractivity contribution in [2.75, 3.05) is 30.4 Å². The van der Waals surface area contributed by atoms with E-state index in [0.717, 1.165) is 37.7 Å². The molecule has 3 rings (SSSR count). The molecule has 0 bridgehead atoms. The van der Waals surface area contributed by atoms with Gasteiger partial charge >= 0.3 is 0 Å². The number of nitro groups is 1. The first kappa shape index (κ1) is 16.7. The van der Waals surface area contributed by atoms with E-state index in [0.29, 0.717) is 6.04 Å². The normalized spacial score (nSPS) is 18.7. The van der Waals surface area contributed by atoms with Gasteiger partial charge in [0.1, 0.15) is 5.69 Å². The van der Waals surface area contributed by atoms with Gasteiger partial charge in [0.15, 0.2) is 0 Å². The van der Waals surface area contributed by atoms with Gasteiger partial charge in [-0.15, -0.1) is 0 Å². The molecule has 1 amide bonds. The predicted octanol–water partition coefficient (Wildman–Crippen LogP) is 2.62.